The molecule has 0 aromatic rings. The predicted octanol–water partition coefficient (Wildman–Crippen LogP) is 2.83. The molecule has 1 nitrogen and oxygen atoms in total. The normalized spacial score (nSPS) is 12.0. The summed E-state index contributed by atoms with van der Waals surface area (Å²) in [4.78, 5) is 10.7. The minimum absolute atomic E-state index is 0.414. The van der Waals surface area contributed by atoms with Crippen LogP contribution in [-0.4, -0.2) is 5.24 Å². The molecular weight excluding hydrogens is 160 g/mol. The van der Waals surface area contributed by atoms with E-state index in [1.165, 1.54) is 0 Å². The van der Waals surface area contributed by atoms with Crippen molar-refractivity contribution < 1.29 is 4.79 Å². The summed E-state index contributed by atoms with van der Waals surface area (Å²) in [7, 11) is 0. The molecule has 0 aliphatic carbocycles. The molecule has 0 bridgehead atoms. The van der Waals surface area contributed by atoms with Crippen molar-refractivity contribution in [2.45, 2.75) is 13.3 Å². The Morgan fingerprint density at radius 1 is 1.64 bits per heavy atom. The molecule has 0 fully saturated rings. The average Bonchev–Trinajstić information content (AvgIpc) is 1.97. The number of hydrogen-bond acceptors (Lipinski definition) is 1. The second-order valence-electron chi connectivity index (χ2n) is 1.98. The first-order chi connectivity index (χ1) is 5.22. The number of carbonyl (C=O) groups excluding carboxylic acids is 1. The summed E-state index contributed by atoms with van der Waals surface area (Å²) in [6.07, 6.45) is 7.47. The number of halogens is 1. The molecule has 0 heterocycles. The molecule has 0 spiro atoms. The third-order valence-corrected chi connectivity index (χ3v) is 1.35. The second kappa shape index (κ2) is 5.93. The van der Waals surface area contributed by atoms with Crippen LogP contribution in [0.1, 0.15) is 13.3 Å². The van der Waals surface area contributed by atoms with Crippen molar-refractivity contribution in [2.75, 3.05) is 0 Å². The minimum atomic E-state index is -0.414. The van der Waals surface area contributed by atoms with Crippen molar-refractivity contribution in [3.63, 3.8) is 0 Å². The standard InChI is InChI=1S/C9H11ClO/c1-3-5-7-8(6-4-2)9(10)11/h3-5,7H,2,6H2,1H3/b5-3-,8-7+. The summed E-state index contributed by atoms with van der Waals surface area (Å²) < 4.78 is 0. The number of allylic oxidation sites excluding steroid dienone is 5. The molecule has 0 amide bonds. The maximum absolute atomic E-state index is 10.7. The highest BCUT2D eigenvalue weighted by Gasteiger charge is 2.00. The summed E-state index contributed by atoms with van der Waals surface area (Å²) in [5, 5.41) is -0.414. The fourth-order valence-corrected chi connectivity index (χ4v) is 0.722. The zero-order valence-electron chi connectivity index (χ0n) is 6.51. The van der Waals surface area contributed by atoms with Crippen molar-refractivity contribution in [1.29, 1.82) is 0 Å². The van der Waals surface area contributed by atoms with E-state index in [9.17, 15) is 4.79 Å². The smallest absolute Gasteiger partial charge is 0.248 e. The van der Waals surface area contributed by atoms with Crippen molar-refractivity contribution in [1.82, 2.24) is 0 Å². The van der Waals surface area contributed by atoms with E-state index in [1.54, 1.807) is 18.2 Å². The van der Waals surface area contributed by atoms with Crippen LogP contribution < -0.4 is 0 Å². The number of carbonyl (C=O) groups is 1. The zero-order chi connectivity index (χ0) is 8.69. The highest BCUT2D eigenvalue weighted by atomic mass is 35.5. The van der Waals surface area contributed by atoms with Crippen molar-refractivity contribution >= 4 is 16.8 Å². The largest absolute Gasteiger partial charge is 0.276 e. The Morgan fingerprint density at radius 2 is 2.27 bits per heavy atom. The van der Waals surface area contributed by atoms with E-state index in [-0.39, 0.29) is 0 Å². The van der Waals surface area contributed by atoms with Gasteiger partial charge in [0.1, 0.15) is 0 Å². The Kier molecular flexibility index (Phi) is 5.49. The lowest BCUT2D eigenvalue weighted by molar-refractivity contribution is -0.108. The number of rotatable bonds is 4. The molecule has 11 heavy (non-hydrogen) atoms. The maximum Gasteiger partial charge on any atom is 0.248 e. The van der Waals surface area contributed by atoms with Gasteiger partial charge in [0.15, 0.2) is 0 Å². The molecule has 0 unspecified atom stereocenters. The molecule has 0 aliphatic rings. The first-order valence-electron chi connectivity index (χ1n) is 3.35. The van der Waals surface area contributed by atoms with E-state index in [4.69, 9.17) is 11.6 Å². The third kappa shape index (κ3) is 4.57. The van der Waals surface area contributed by atoms with Gasteiger partial charge in [-0.2, -0.15) is 0 Å². The van der Waals surface area contributed by atoms with Gasteiger partial charge in [0.05, 0.1) is 0 Å². The van der Waals surface area contributed by atoms with Crippen LogP contribution in [0.15, 0.2) is 36.5 Å². The highest BCUT2D eigenvalue weighted by Crippen LogP contribution is 2.06. The van der Waals surface area contributed by atoms with E-state index in [0.29, 0.717) is 12.0 Å². The van der Waals surface area contributed by atoms with Crippen LogP contribution in [0.4, 0.5) is 0 Å². The van der Waals surface area contributed by atoms with Crippen LogP contribution in [-0.2, 0) is 4.79 Å². The Labute approximate surface area is 72.1 Å². The summed E-state index contributed by atoms with van der Waals surface area (Å²) in [6, 6.07) is 0. The van der Waals surface area contributed by atoms with Crippen molar-refractivity contribution in [3.8, 4) is 0 Å². The molecular formula is C9H11ClO. The quantitative estimate of drug-likeness (QED) is 0.275. The van der Waals surface area contributed by atoms with Gasteiger partial charge in [-0.15, -0.1) is 6.58 Å². The van der Waals surface area contributed by atoms with Gasteiger partial charge in [0.25, 0.3) is 0 Å². The van der Waals surface area contributed by atoms with Gasteiger partial charge in [-0.25, -0.2) is 0 Å². The summed E-state index contributed by atoms with van der Waals surface area (Å²) in [5.74, 6) is 0. The van der Waals surface area contributed by atoms with Gasteiger partial charge >= 0.3 is 0 Å². The minimum Gasteiger partial charge on any atom is -0.276 e. The Bertz CT molecular complexity index is 202. The second-order valence-corrected chi connectivity index (χ2v) is 2.33. The van der Waals surface area contributed by atoms with Gasteiger partial charge in [-0.05, 0) is 24.9 Å². The first-order valence-corrected chi connectivity index (χ1v) is 3.72. The topological polar surface area (TPSA) is 17.1 Å². The number of hydrogen-bond donors (Lipinski definition) is 0. The van der Waals surface area contributed by atoms with Crippen LogP contribution in [0.3, 0.4) is 0 Å². The van der Waals surface area contributed by atoms with Crippen molar-refractivity contribution in [3.05, 3.63) is 36.5 Å². The third-order valence-electron chi connectivity index (χ3n) is 1.11. The van der Waals surface area contributed by atoms with Gasteiger partial charge in [0.2, 0.25) is 5.24 Å². The predicted molar refractivity (Wildman–Crippen MR) is 48.6 cm³/mol. The van der Waals surface area contributed by atoms with E-state index in [0.717, 1.165) is 0 Å². The summed E-state index contributed by atoms with van der Waals surface area (Å²) in [5.41, 5.74) is 0.569. The van der Waals surface area contributed by atoms with Crippen molar-refractivity contribution in [2.24, 2.45) is 0 Å². The highest BCUT2D eigenvalue weighted by molar-refractivity contribution is 6.67. The summed E-state index contributed by atoms with van der Waals surface area (Å²) in [6.45, 7) is 5.39. The first kappa shape index (κ1) is 10.2. The summed E-state index contributed by atoms with van der Waals surface area (Å²) >= 11 is 5.27. The lowest BCUT2D eigenvalue weighted by atomic mass is 10.2. The Hall–Kier alpha value is -0.820. The fourth-order valence-electron chi connectivity index (χ4n) is 0.582. The van der Waals surface area contributed by atoms with Gasteiger partial charge in [0, 0.05) is 5.57 Å². The molecule has 0 atom stereocenters. The van der Waals surface area contributed by atoms with Crippen LogP contribution in [0, 0.1) is 0 Å². The maximum atomic E-state index is 10.7. The molecule has 0 saturated heterocycles. The van der Waals surface area contributed by atoms with E-state index >= 15 is 0 Å². The molecule has 2 heteroatoms. The molecule has 0 aliphatic heterocycles. The van der Waals surface area contributed by atoms with Crippen LogP contribution in [0.2, 0.25) is 0 Å². The SMILES string of the molecule is C=CC/C(=C\C=C/C)C(=O)Cl. The van der Waals surface area contributed by atoms with Gasteiger partial charge < -0.3 is 0 Å². The van der Waals surface area contributed by atoms with Crippen LogP contribution in [0.5, 0.6) is 0 Å². The lowest BCUT2D eigenvalue weighted by Gasteiger charge is -1.93. The van der Waals surface area contributed by atoms with Crippen LogP contribution in [0.25, 0.3) is 0 Å². The van der Waals surface area contributed by atoms with Crippen LogP contribution >= 0.6 is 11.6 Å². The van der Waals surface area contributed by atoms with Gasteiger partial charge in [-0.3, -0.25) is 4.79 Å². The molecule has 60 valence electrons. The lowest BCUT2D eigenvalue weighted by Crippen LogP contribution is -1.90. The molecule has 0 radical (unpaired) electrons. The Morgan fingerprint density at radius 3 is 2.64 bits per heavy atom. The molecule has 0 N–H and O–H groups in total. The fraction of sp³-hybridized carbons (Fsp3) is 0.222. The van der Waals surface area contributed by atoms with Gasteiger partial charge in [-0.1, -0.05) is 24.3 Å². The van der Waals surface area contributed by atoms with E-state index in [1.807, 2.05) is 13.0 Å². The average molecular weight is 171 g/mol. The molecule has 0 rings (SSSR count). The molecule has 0 aromatic heterocycles. The Balaban J connectivity index is 4.31. The molecule has 0 saturated carbocycles. The monoisotopic (exact) mass is 170 g/mol. The molecule has 0 aromatic carbocycles. The van der Waals surface area contributed by atoms with E-state index < -0.39 is 5.24 Å². The zero-order valence-corrected chi connectivity index (χ0v) is 7.27. The van der Waals surface area contributed by atoms with E-state index in [2.05, 4.69) is 6.58 Å².